The number of nitrogens with two attached hydrogens (primary N) is 1. The maximum Gasteiger partial charge on any atom is 0.253 e. The molecule has 8 nitrogen and oxygen atoms in total. The van der Waals surface area contributed by atoms with Crippen LogP contribution in [0.3, 0.4) is 0 Å². The van der Waals surface area contributed by atoms with Crippen molar-refractivity contribution in [3.05, 3.63) is 83.3 Å². The van der Waals surface area contributed by atoms with E-state index in [1.54, 1.807) is 26.4 Å². The topological polar surface area (TPSA) is 104 Å². The summed E-state index contributed by atoms with van der Waals surface area (Å²) in [6.45, 7) is 2.44. The first-order valence-electron chi connectivity index (χ1n) is 12.2. The van der Waals surface area contributed by atoms with Crippen LogP contribution in [-0.4, -0.2) is 57.4 Å². The van der Waals surface area contributed by atoms with E-state index in [0.717, 1.165) is 59.4 Å². The van der Waals surface area contributed by atoms with E-state index in [1.807, 2.05) is 36.5 Å². The second kappa shape index (κ2) is 9.88. The van der Waals surface area contributed by atoms with Crippen LogP contribution in [0.1, 0.15) is 33.6 Å². The summed E-state index contributed by atoms with van der Waals surface area (Å²) in [7, 11) is 5.47. The first-order valence-corrected chi connectivity index (χ1v) is 12.2. The van der Waals surface area contributed by atoms with Gasteiger partial charge in [0, 0.05) is 75.4 Å². The fourth-order valence-electron chi connectivity index (χ4n) is 4.88. The molecule has 4 heterocycles. The van der Waals surface area contributed by atoms with Gasteiger partial charge in [0.15, 0.2) is 0 Å². The molecule has 4 aromatic rings. The first-order chi connectivity index (χ1) is 17.9. The van der Waals surface area contributed by atoms with Crippen molar-refractivity contribution in [1.82, 2.24) is 24.3 Å². The number of nitriles is 1. The normalized spacial score (nSPS) is 13.8. The second-order valence-electron chi connectivity index (χ2n) is 9.55. The number of carbonyl (C=O) groups is 1. The summed E-state index contributed by atoms with van der Waals surface area (Å²) in [5, 5.41) is 10.8. The van der Waals surface area contributed by atoms with Crippen LogP contribution in [0, 0.1) is 11.3 Å². The number of aryl methyl sites for hydroxylation is 1. The molecule has 0 fully saturated rings. The Morgan fingerprint density at radius 2 is 1.97 bits per heavy atom. The van der Waals surface area contributed by atoms with Crippen molar-refractivity contribution in [3.8, 4) is 17.2 Å². The molecule has 0 radical (unpaired) electrons. The number of carbonyl (C=O) groups excluding carboxylic acids is 1. The molecule has 1 aliphatic rings. The number of pyridine rings is 2. The molecule has 0 saturated carbocycles. The van der Waals surface area contributed by atoms with Crippen LogP contribution >= 0.6 is 0 Å². The van der Waals surface area contributed by atoms with Gasteiger partial charge in [-0.2, -0.15) is 5.26 Å². The van der Waals surface area contributed by atoms with Crippen LogP contribution in [0.5, 0.6) is 0 Å². The minimum Gasteiger partial charge on any atom is -0.384 e. The zero-order valence-corrected chi connectivity index (χ0v) is 21.3. The van der Waals surface area contributed by atoms with Gasteiger partial charge in [0.1, 0.15) is 11.5 Å². The van der Waals surface area contributed by atoms with Crippen LogP contribution in [0.25, 0.3) is 27.7 Å². The van der Waals surface area contributed by atoms with Gasteiger partial charge in [-0.15, -0.1) is 0 Å². The van der Waals surface area contributed by atoms with Gasteiger partial charge in [-0.05, 0) is 59.5 Å². The third-order valence-corrected chi connectivity index (χ3v) is 6.94. The largest absolute Gasteiger partial charge is 0.384 e. The van der Waals surface area contributed by atoms with Gasteiger partial charge in [0.05, 0.1) is 11.6 Å². The van der Waals surface area contributed by atoms with Gasteiger partial charge < -0.3 is 15.2 Å². The van der Waals surface area contributed by atoms with E-state index in [1.165, 1.54) is 10.6 Å². The smallest absolute Gasteiger partial charge is 0.253 e. The van der Waals surface area contributed by atoms with E-state index < -0.39 is 0 Å². The lowest BCUT2D eigenvalue weighted by molar-refractivity contribution is 0.0827. The Morgan fingerprint density at radius 3 is 2.65 bits per heavy atom. The predicted octanol–water partition coefficient (Wildman–Crippen LogP) is 4.08. The molecule has 8 heteroatoms. The molecule has 0 saturated heterocycles. The molecule has 0 bridgehead atoms. The highest BCUT2D eigenvalue weighted by Gasteiger charge is 2.20. The van der Waals surface area contributed by atoms with Crippen molar-refractivity contribution in [2.45, 2.75) is 13.0 Å². The van der Waals surface area contributed by atoms with E-state index in [0.29, 0.717) is 16.9 Å². The average molecular weight is 492 g/mol. The first kappa shape index (κ1) is 24.2. The Labute approximate surface area is 216 Å². The zero-order chi connectivity index (χ0) is 26.1. The summed E-state index contributed by atoms with van der Waals surface area (Å²) >= 11 is 0. The monoisotopic (exact) mass is 491 g/mol. The van der Waals surface area contributed by atoms with Gasteiger partial charge in [-0.25, -0.2) is 9.97 Å². The standard InChI is InChI=1S/C29H29N7O/c1-34(2)29(37)20-4-6-24(22(14-20)16-30)19-9-12-36(13-10-19)18-23-15-26-25(8-11-32-28(26)35(23)3)21-5-7-27(31)33-17-21/h4-9,11,14-15,17H,10,12-13,18H2,1-3H3,(H2,31,33). The SMILES string of the molecule is CN(C)C(=O)c1ccc(C2=CCN(Cc3cc4c(-c5ccc(N)nc5)ccnc4n3C)CC2)c(C#N)c1. The summed E-state index contributed by atoms with van der Waals surface area (Å²) in [5.74, 6) is 0.396. The number of rotatable bonds is 5. The van der Waals surface area contributed by atoms with Gasteiger partial charge in [0.2, 0.25) is 0 Å². The number of fused-ring (bicyclic) bond motifs is 1. The summed E-state index contributed by atoms with van der Waals surface area (Å²) in [6, 6.07) is 15.7. The lowest BCUT2D eigenvalue weighted by Crippen LogP contribution is -2.29. The molecule has 1 aliphatic heterocycles. The van der Waals surface area contributed by atoms with E-state index in [9.17, 15) is 10.1 Å². The van der Waals surface area contributed by atoms with Crippen LogP contribution in [0.15, 0.2) is 60.9 Å². The lowest BCUT2D eigenvalue weighted by atomic mass is 9.93. The van der Waals surface area contributed by atoms with Crippen molar-refractivity contribution in [2.75, 3.05) is 32.9 Å². The van der Waals surface area contributed by atoms with Gasteiger partial charge in [-0.3, -0.25) is 9.69 Å². The molecule has 186 valence electrons. The van der Waals surface area contributed by atoms with E-state index >= 15 is 0 Å². The van der Waals surface area contributed by atoms with E-state index in [2.05, 4.69) is 44.7 Å². The van der Waals surface area contributed by atoms with Crippen LogP contribution < -0.4 is 5.73 Å². The highest BCUT2D eigenvalue weighted by atomic mass is 16.2. The Balaban J connectivity index is 1.36. The third kappa shape index (κ3) is 4.69. The van der Waals surface area contributed by atoms with Crippen LogP contribution in [0.4, 0.5) is 5.82 Å². The number of nitrogen functional groups attached to an aromatic ring is 1. The zero-order valence-electron chi connectivity index (χ0n) is 21.3. The third-order valence-electron chi connectivity index (χ3n) is 6.94. The van der Waals surface area contributed by atoms with Crippen molar-refractivity contribution < 1.29 is 4.79 Å². The second-order valence-corrected chi connectivity index (χ2v) is 9.55. The van der Waals surface area contributed by atoms with Gasteiger partial charge >= 0.3 is 0 Å². The summed E-state index contributed by atoms with van der Waals surface area (Å²) in [4.78, 5) is 25.1. The van der Waals surface area contributed by atoms with Crippen LogP contribution in [-0.2, 0) is 13.6 Å². The number of benzene rings is 1. The Bertz CT molecular complexity index is 1560. The summed E-state index contributed by atoms with van der Waals surface area (Å²) < 4.78 is 2.15. The fourth-order valence-corrected chi connectivity index (χ4v) is 4.88. The molecular weight excluding hydrogens is 462 g/mol. The highest BCUT2D eigenvalue weighted by Crippen LogP contribution is 2.31. The fraction of sp³-hybridized carbons (Fsp3) is 0.241. The van der Waals surface area contributed by atoms with Crippen molar-refractivity contribution >= 4 is 28.3 Å². The molecule has 37 heavy (non-hydrogen) atoms. The van der Waals surface area contributed by atoms with E-state index in [-0.39, 0.29) is 5.91 Å². The molecule has 5 rings (SSSR count). The molecule has 1 aromatic carbocycles. The van der Waals surface area contributed by atoms with Crippen molar-refractivity contribution in [2.24, 2.45) is 7.05 Å². The molecule has 2 N–H and O–H groups in total. The average Bonchev–Trinajstić information content (AvgIpc) is 3.23. The number of anilines is 1. The maximum absolute atomic E-state index is 12.3. The quantitative estimate of drug-likeness (QED) is 0.451. The number of hydrogen-bond acceptors (Lipinski definition) is 6. The molecule has 0 unspecified atom stereocenters. The Kier molecular flexibility index (Phi) is 6.47. The number of aromatic nitrogens is 3. The Hall–Kier alpha value is -4.48. The van der Waals surface area contributed by atoms with Gasteiger partial charge in [0.25, 0.3) is 5.91 Å². The minimum absolute atomic E-state index is 0.105. The minimum atomic E-state index is -0.105. The van der Waals surface area contributed by atoms with Crippen LogP contribution in [0.2, 0.25) is 0 Å². The van der Waals surface area contributed by atoms with Gasteiger partial charge in [-0.1, -0.05) is 12.1 Å². The maximum atomic E-state index is 12.3. The molecule has 0 spiro atoms. The summed E-state index contributed by atoms with van der Waals surface area (Å²) in [6.07, 6.45) is 6.66. The number of amides is 1. The molecule has 3 aromatic heterocycles. The lowest BCUT2D eigenvalue weighted by Gasteiger charge is -2.27. The molecule has 1 amide bonds. The number of hydrogen-bond donors (Lipinski definition) is 1. The number of nitrogens with zero attached hydrogens (tertiary/aromatic N) is 6. The Morgan fingerprint density at radius 1 is 1.14 bits per heavy atom. The molecule has 0 aliphatic carbocycles. The van der Waals surface area contributed by atoms with Crippen molar-refractivity contribution in [1.29, 1.82) is 5.26 Å². The van der Waals surface area contributed by atoms with E-state index in [4.69, 9.17) is 5.73 Å². The molecular formula is C29H29N7O. The highest BCUT2D eigenvalue weighted by molar-refractivity contribution is 5.95. The molecule has 0 atom stereocenters. The van der Waals surface area contributed by atoms with Crippen molar-refractivity contribution in [3.63, 3.8) is 0 Å². The summed E-state index contributed by atoms with van der Waals surface area (Å²) in [5.41, 5.74) is 13.1. The predicted molar refractivity (Wildman–Crippen MR) is 145 cm³/mol.